The molecule has 4 aromatic rings. The molecule has 9 heteroatoms. The molecular formula is C20H18N4O5. The molecule has 0 aliphatic rings. The van der Waals surface area contributed by atoms with Gasteiger partial charge in [-0.05, 0) is 43.3 Å². The van der Waals surface area contributed by atoms with Gasteiger partial charge in [0, 0.05) is 17.7 Å². The SMILES string of the molecule is CCn1c(=O)[nH]c2cc(-c3nc(-c4ccc(OC)c(OC)c4)no3)ccc2c1=O. The maximum Gasteiger partial charge on any atom is 0.328 e. The summed E-state index contributed by atoms with van der Waals surface area (Å²) in [5.41, 5.74) is 0.889. The van der Waals surface area contributed by atoms with E-state index in [1.165, 1.54) is 0 Å². The van der Waals surface area contributed by atoms with E-state index in [9.17, 15) is 9.59 Å². The van der Waals surface area contributed by atoms with E-state index in [0.717, 1.165) is 4.57 Å². The lowest BCUT2D eigenvalue weighted by Crippen LogP contribution is -2.34. The fraction of sp³-hybridized carbons (Fsp3) is 0.200. The number of aromatic amines is 1. The number of benzene rings is 2. The van der Waals surface area contributed by atoms with Gasteiger partial charge in [-0.25, -0.2) is 4.79 Å². The van der Waals surface area contributed by atoms with Crippen LogP contribution in [0.25, 0.3) is 33.7 Å². The third-order valence-corrected chi connectivity index (χ3v) is 4.61. The number of rotatable bonds is 5. The molecule has 0 aliphatic heterocycles. The second kappa shape index (κ2) is 7.27. The first kappa shape index (κ1) is 18.5. The number of hydrogen-bond acceptors (Lipinski definition) is 7. The summed E-state index contributed by atoms with van der Waals surface area (Å²) in [5.74, 6) is 1.77. The van der Waals surface area contributed by atoms with Gasteiger partial charge in [0.25, 0.3) is 11.4 Å². The fourth-order valence-electron chi connectivity index (χ4n) is 3.11. The third kappa shape index (κ3) is 3.16. The smallest absolute Gasteiger partial charge is 0.328 e. The molecule has 0 radical (unpaired) electrons. The minimum Gasteiger partial charge on any atom is -0.493 e. The first-order valence-electron chi connectivity index (χ1n) is 8.89. The Morgan fingerprint density at radius 1 is 1.03 bits per heavy atom. The van der Waals surface area contributed by atoms with Crippen molar-refractivity contribution in [3.05, 3.63) is 57.2 Å². The van der Waals surface area contributed by atoms with Crippen LogP contribution in [0.5, 0.6) is 11.5 Å². The van der Waals surface area contributed by atoms with Gasteiger partial charge < -0.3 is 19.0 Å². The number of H-pyrrole nitrogens is 1. The Balaban J connectivity index is 1.76. The van der Waals surface area contributed by atoms with E-state index in [1.54, 1.807) is 57.5 Å². The van der Waals surface area contributed by atoms with Crippen LogP contribution < -0.4 is 20.7 Å². The van der Waals surface area contributed by atoms with Crippen LogP contribution in [0, 0.1) is 0 Å². The molecule has 29 heavy (non-hydrogen) atoms. The van der Waals surface area contributed by atoms with Crippen LogP contribution in [-0.4, -0.2) is 33.9 Å². The van der Waals surface area contributed by atoms with Gasteiger partial charge in [0.15, 0.2) is 11.5 Å². The van der Waals surface area contributed by atoms with Gasteiger partial charge in [0.1, 0.15) is 0 Å². The van der Waals surface area contributed by atoms with Gasteiger partial charge in [0.2, 0.25) is 5.82 Å². The van der Waals surface area contributed by atoms with E-state index in [0.29, 0.717) is 45.9 Å². The molecule has 2 aromatic heterocycles. The highest BCUT2D eigenvalue weighted by Crippen LogP contribution is 2.32. The quantitative estimate of drug-likeness (QED) is 0.553. The molecule has 2 aromatic carbocycles. The summed E-state index contributed by atoms with van der Waals surface area (Å²) in [6.45, 7) is 2.04. The van der Waals surface area contributed by atoms with Crippen LogP contribution >= 0.6 is 0 Å². The predicted octanol–water partition coefficient (Wildman–Crippen LogP) is 2.44. The average Bonchev–Trinajstić information content (AvgIpc) is 3.23. The maximum absolute atomic E-state index is 12.4. The molecule has 0 fully saturated rings. The molecule has 0 atom stereocenters. The summed E-state index contributed by atoms with van der Waals surface area (Å²) in [6, 6.07) is 10.3. The first-order valence-corrected chi connectivity index (χ1v) is 8.89. The van der Waals surface area contributed by atoms with Gasteiger partial charge in [-0.1, -0.05) is 5.16 Å². The fourth-order valence-corrected chi connectivity index (χ4v) is 3.11. The molecule has 0 unspecified atom stereocenters. The Morgan fingerprint density at radius 3 is 2.52 bits per heavy atom. The Hall–Kier alpha value is -3.88. The summed E-state index contributed by atoms with van der Waals surface area (Å²) in [7, 11) is 3.11. The normalized spacial score (nSPS) is 11.0. The zero-order valence-electron chi connectivity index (χ0n) is 16.1. The number of ether oxygens (including phenoxy) is 2. The Morgan fingerprint density at radius 2 is 1.79 bits per heavy atom. The van der Waals surface area contributed by atoms with Crippen LogP contribution in [0.3, 0.4) is 0 Å². The number of aromatic nitrogens is 4. The largest absolute Gasteiger partial charge is 0.493 e. The van der Waals surface area contributed by atoms with Gasteiger partial charge >= 0.3 is 5.69 Å². The van der Waals surface area contributed by atoms with Crippen molar-refractivity contribution < 1.29 is 14.0 Å². The van der Waals surface area contributed by atoms with Crippen molar-refractivity contribution in [2.45, 2.75) is 13.5 Å². The van der Waals surface area contributed by atoms with Crippen LogP contribution in [0.15, 0.2) is 50.5 Å². The van der Waals surface area contributed by atoms with E-state index >= 15 is 0 Å². The number of nitrogens with zero attached hydrogens (tertiary/aromatic N) is 3. The van der Waals surface area contributed by atoms with E-state index in [4.69, 9.17) is 14.0 Å². The Bertz CT molecular complexity index is 1320. The molecule has 0 spiro atoms. The van der Waals surface area contributed by atoms with Crippen molar-refractivity contribution in [1.82, 2.24) is 19.7 Å². The van der Waals surface area contributed by atoms with E-state index in [-0.39, 0.29) is 11.4 Å². The summed E-state index contributed by atoms with van der Waals surface area (Å²) >= 11 is 0. The second-order valence-electron chi connectivity index (χ2n) is 6.23. The first-order chi connectivity index (χ1) is 14.0. The maximum atomic E-state index is 12.4. The summed E-state index contributed by atoms with van der Waals surface area (Å²) in [6.07, 6.45) is 0. The van der Waals surface area contributed by atoms with E-state index in [1.807, 2.05) is 0 Å². The third-order valence-electron chi connectivity index (χ3n) is 4.61. The highest BCUT2D eigenvalue weighted by atomic mass is 16.5. The van der Waals surface area contributed by atoms with E-state index in [2.05, 4.69) is 15.1 Å². The summed E-state index contributed by atoms with van der Waals surface area (Å²) < 4.78 is 17.1. The van der Waals surface area contributed by atoms with Crippen molar-refractivity contribution in [3.63, 3.8) is 0 Å². The molecule has 4 rings (SSSR count). The molecule has 148 valence electrons. The van der Waals surface area contributed by atoms with Gasteiger partial charge in [-0.3, -0.25) is 9.36 Å². The zero-order chi connectivity index (χ0) is 20.5. The van der Waals surface area contributed by atoms with Crippen molar-refractivity contribution in [2.24, 2.45) is 0 Å². The number of methoxy groups -OCH3 is 2. The predicted molar refractivity (Wildman–Crippen MR) is 106 cm³/mol. The zero-order valence-corrected chi connectivity index (χ0v) is 16.1. The minimum absolute atomic E-state index is 0.261. The highest BCUT2D eigenvalue weighted by Gasteiger charge is 2.15. The molecule has 0 amide bonds. The van der Waals surface area contributed by atoms with Crippen LogP contribution in [0.4, 0.5) is 0 Å². The number of fused-ring (bicyclic) bond motifs is 1. The van der Waals surface area contributed by atoms with Crippen molar-refractivity contribution in [3.8, 4) is 34.3 Å². The Labute approximate surface area is 164 Å². The topological polar surface area (TPSA) is 112 Å². The van der Waals surface area contributed by atoms with Crippen molar-refractivity contribution in [1.29, 1.82) is 0 Å². The lowest BCUT2D eigenvalue weighted by Gasteiger charge is -2.07. The molecule has 9 nitrogen and oxygen atoms in total. The monoisotopic (exact) mass is 394 g/mol. The highest BCUT2D eigenvalue weighted by molar-refractivity contribution is 5.82. The lowest BCUT2D eigenvalue weighted by molar-refractivity contribution is 0.355. The molecular weight excluding hydrogens is 376 g/mol. The van der Waals surface area contributed by atoms with Gasteiger partial charge in [-0.2, -0.15) is 4.98 Å². The van der Waals surface area contributed by atoms with Crippen LogP contribution in [-0.2, 0) is 6.54 Å². The molecule has 1 N–H and O–H groups in total. The molecule has 0 saturated carbocycles. The second-order valence-corrected chi connectivity index (χ2v) is 6.23. The summed E-state index contributed by atoms with van der Waals surface area (Å²) in [4.78, 5) is 31.6. The van der Waals surface area contributed by atoms with E-state index < -0.39 is 5.69 Å². The van der Waals surface area contributed by atoms with Crippen molar-refractivity contribution in [2.75, 3.05) is 14.2 Å². The molecule has 0 saturated heterocycles. The number of nitrogens with one attached hydrogen (secondary N) is 1. The molecule has 0 bridgehead atoms. The van der Waals surface area contributed by atoms with Gasteiger partial charge in [0.05, 0.1) is 25.1 Å². The average molecular weight is 394 g/mol. The van der Waals surface area contributed by atoms with Crippen LogP contribution in [0.2, 0.25) is 0 Å². The molecule has 2 heterocycles. The standard InChI is InChI=1S/C20H18N4O5/c1-4-24-19(25)13-7-5-12(9-14(13)21-20(24)26)18-22-17(23-29-18)11-6-8-15(27-2)16(10-11)28-3/h5-10H,4H2,1-3H3,(H,21,26). The Kier molecular flexibility index (Phi) is 4.63. The minimum atomic E-state index is -0.460. The van der Waals surface area contributed by atoms with Crippen molar-refractivity contribution >= 4 is 10.9 Å². The lowest BCUT2D eigenvalue weighted by atomic mass is 10.1. The van der Waals surface area contributed by atoms with Crippen LogP contribution in [0.1, 0.15) is 6.92 Å². The summed E-state index contributed by atoms with van der Waals surface area (Å²) in [5, 5.41) is 4.43. The molecule has 0 aliphatic carbocycles. The van der Waals surface area contributed by atoms with Gasteiger partial charge in [-0.15, -0.1) is 0 Å². The number of hydrogen-bond donors (Lipinski definition) is 1.